The summed E-state index contributed by atoms with van der Waals surface area (Å²) in [6, 6.07) is 6.55. The molecule has 1 aromatic carbocycles. The summed E-state index contributed by atoms with van der Waals surface area (Å²) in [5.41, 5.74) is 0.876. The molecule has 0 fully saturated rings. The number of carbonyl (C=O) groups is 1. The molecule has 1 aromatic rings. The number of benzene rings is 1. The Bertz CT molecular complexity index is 432. The summed E-state index contributed by atoms with van der Waals surface area (Å²) < 4.78 is 0. The molecule has 70 valence electrons. The van der Waals surface area contributed by atoms with Crippen LogP contribution in [0.2, 0.25) is 5.02 Å². The van der Waals surface area contributed by atoms with Gasteiger partial charge in [0.25, 0.3) is 5.24 Å². The van der Waals surface area contributed by atoms with Crippen LogP contribution in [-0.2, 0) is 0 Å². The predicted octanol–water partition coefficient (Wildman–Crippen LogP) is 3.26. The molecular weight excluding hydrogens is 221 g/mol. The largest absolute Gasteiger partial charge is 0.276 e. The van der Waals surface area contributed by atoms with Gasteiger partial charge in [-0.3, -0.25) is 4.79 Å². The van der Waals surface area contributed by atoms with Gasteiger partial charge in [-0.25, -0.2) is 0 Å². The summed E-state index contributed by atoms with van der Waals surface area (Å²) in [7, 11) is 0. The van der Waals surface area contributed by atoms with Gasteiger partial charge in [-0.15, -0.1) is 0 Å². The third-order valence-electron chi connectivity index (χ3n) is 1.56. The number of rotatable bonds is 2. The topological polar surface area (TPSA) is 40.9 Å². The molecule has 0 amide bonds. The average Bonchev–Trinajstić information content (AvgIpc) is 2.15. The molecule has 1 rings (SSSR count). The zero-order chi connectivity index (χ0) is 10.6. The maximum absolute atomic E-state index is 11.0. The fourth-order valence-corrected chi connectivity index (χ4v) is 1.31. The average molecular weight is 226 g/mol. The lowest BCUT2D eigenvalue weighted by atomic mass is 10.1. The van der Waals surface area contributed by atoms with Crippen LogP contribution in [0.4, 0.5) is 0 Å². The van der Waals surface area contributed by atoms with Gasteiger partial charge in [-0.1, -0.05) is 17.7 Å². The van der Waals surface area contributed by atoms with Crippen molar-refractivity contribution in [2.45, 2.75) is 0 Å². The van der Waals surface area contributed by atoms with Gasteiger partial charge in [0.1, 0.15) is 0 Å². The second-order valence-electron chi connectivity index (χ2n) is 2.47. The summed E-state index contributed by atoms with van der Waals surface area (Å²) in [6.07, 6.45) is 2.78. The first-order chi connectivity index (χ1) is 6.65. The van der Waals surface area contributed by atoms with E-state index < -0.39 is 5.24 Å². The van der Waals surface area contributed by atoms with Gasteiger partial charge in [0.2, 0.25) is 0 Å². The van der Waals surface area contributed by atoms with E-state index in [1.165, 1.54) is 18.2 Å². The molecule has 2 nitrogen and oxygen atoms in total. The fraction of sp³-hybridized carbons (Fsp3) is 0. The van der Waals surface area contributed by atoms with E-state index in [9.17, 15) is 4.79 Å². The van der Waals surface area contributed by atoms with Gasteiger partial charge in [0.15, 0.2) is 0 Å². The molecule has 4 heteroatoms. The van der Waals surface area contributed by atoms with Crippen LogP contribution < -0.4 is 0 Å². The van der Waals surface area contributed by atoms with Crippen LogP contribution in [0, 0.1) is 11.3 Å². The number of nitriles is 1. The number of halogens is 2. The predicted molar refractivity (Wildman–Crippen MR) is 56.3 cm³/mol. The molecule has 0 heterocycles. The fourth-order valence-electron chi connectivity index (χ4n) is 0.971. The quantitative estimate of drug-likeness (QED) is 0.573. The summed E-state index contributed by atoms with van der Waals surface area (Å²) in [5, 5.41) is 8.17. The van der Waals surface area contributed by atoms with Gasteiger partial charge >= 0.3 is 0 Å². The zero-order valence-corrected chi connectivity index (χ0v) is 8.51. The van der Waals surface area contributed by atoms with Crippen LogP contribution in [0.3, 0.4) is 0 Å². The van der Waals surface area contributed by atoms with E-state index in [2.05, 4.69) is 0 Å². The zero-order valence-electron chi connectivity index (χ0n) is 7.00. The van der Waals surface area contributed by atoms with E-state index >= 15 is 0 Å². The normalized spacial score (nSPS) is 10.1. The van der Waals surface area contributed by atoms with E-state index in [-0.39, 0.29) is 0 Å². The SMILES string of the molecule is N#CC=Cc1ccc(Cl)cc1C(=O)Cl. The smallest absolute Gasteiger partial charge is 0.253 e. The number of nitrogens with zero attached hydrogens (tertiary/aromatic N) is 1. The van der Waals surface area contributed by atoms with Crippen molar-refractivity contribution < 1.29 is 4.79 Å². The molecular formula is C10H5Cl2NO. The second-order valence-corrected chi connectivity index (χ2v) is 3.25. The number of hydrogen-bond acceptors (Lipinski definition) is 2. The first kappa shape index (κ1) is 10.8. The van der Waals surface area contributed by atoms with Crippen molar-refractivity contribution in [3.8, 4) is 6.07 Å². The van der Waals surface area contributed by atoms with Crippen LogP contribution >= 0.6 is 23.2 Å². The molecule has 0 aliphatic heterocycles. The standard InChI is InChI=1S/C10H5Cl2NO/c11-8-4-3-7(2-1-5-13)9(6-8)10(12)14/h1-4,6H. The van der Waals surface area contributed by atoms with E-state index in [0.29, 0.717) is 16.1 Å². The molecule has 0 atom stereocenters. The molecule has 0 aliphatic carbocycles. The molecule has 0 aromatic heterocycles. The van der Waals surface area contributed by atoms with Crippen molar-refractivity contribution in [2.75, 3.05) is 0 Å². The molecule has 14 heavy (non-hydrogen) atoms. The Morgan fingerprint density at radius 1 is 1.50 bits per heavy atom. The Labute approximate surface area is 91.4 Å². The molecule has 0 saturated heterocycles. The molecule has 0 aliphatic rings. The highest BCUT2D eigenvalue weighted by molar-refractivity contribution is 6.68. The lowest BCUT2D eigenvalue weighted by molar-refractivity contribution is 0.108. The highest BCUT2D eigenvalue weighted by Gasteiger charge is 2.07. The monoisotopic (exact) mass is 225 g/mol. The lowest BCUT2D eigenvalue weighted by Gasteiger charge is -2.00. The van der Waals surface area contributed by atoms with Crippen LogP contribution in [0.5, 0.6) is 0 Å². The Morgan fingerprint density at radius 3 is 2.79 bits per heavy atom. The first-order valence-corrected chi connectivity index (χ1v) is 4.46. The Morgan fingerprint density at radius 2 is 2.21 bits per heavy atom. The van der Waals surface area contributed by atoms with Crippen molar-refractivity contribution in [3.63, 3.8) is 0 Å². The molecule has 0 radical (unpaired) electrons. The van der Waals surface area contributed by atoms with Gasteiger partial charge in [-0.05, 0) is 35.4 Å². The number of allylic oxidation sites excluding steroid dienone is 1. The first-order valence-electron chi connectivity index (χ1n) is 3.70. The Hall–Kier alpha value is -1.30. The minimum Gasteiger partial charge on any atom is -0.276 e. The van der Waals surface area contributed by atoms with Gasteiger partial charge in [0, 0.05) is 16.7 Å². The van der Waals surface area contributed by atoms with Gasteiger partial charge in [0.05, 0.1) is 6.07 Å². The summed E-state index contributed by atoms with van der Waals surface area (Å²) in [6.45, 7) is 0. The summed E-state index contributed by atoms with van der Waals surface area (Å²) in [4.78, 5) is 11.0. The third kappa shape index (κ3) is 2.59. The van der Waals surface area contributed by atoms with E-state index in [0.717, 1.165) is 0 Å². The molecule has 0 unspecified atom stereocenters. The number of carbonyl (C=O) groups excluding carboxylic acids is 1. The Kier molecular flexibility index (Phi) is 3.70. The Balaban J connectivity index is 3.23. The van der Waals surface area contributed by atoms with E-state index in [1.807, 2.05) is 6.07 Å². The van der Waals surface area contributed by atoms with Crippen LogP contribution in [0.15, 0.2) is 24.3 Å². The summed E-state index contributed by atoms with van der Waals surface area (Å²) in [5.74, 6) is 0. The van der Waals surface area contributed by atoms with Crippen LogP contribution in [0.25, 0.3) is 6.08 Å². The molecule has 0 spiro atoms. The molecule has 0 N–H and O–H groups in total. The van der Waals surface area contributed by atoms with E-state index in [4.69, 9.17) is 28.5 Å². The third-order valence-corrected chi connectivity index (χ3v) is 2.00. The second kappa shape index (κ2) is 4.80. The minimum atomic E-state index is -0.593. The van der Waals surface area contributed by atoms with Crippen molar-refractivity contribution >= 4 is 34.5 Å². The van der Waals surface area contributed by atoms with Crippen molar-refractivity contribution in [1.82, 2.24) is 0 Å². The van der Waals surface area contributed by atoms with Crippen molar-refractivity contribution in [2.24, 2.45) is 0 Å². The van der Waals surface area contributed by atoms with Gasteiger partial charge in [-0.2, -0.15) is 5.26 Å². The maximum Gasteiger partial charge on any atom is 0.253 e. The van der Waals surface area contributed by atoms with Crippen LogP contribution in [-0.4, -0.2) is 5.24 Å². The van der Waals surface area contributed by atoms with Gasteiger partial charge < -0.3 is 0 Å². The minimum absolute atomic E-state index is 0.297. The van der Waals surface area contributed by atoms with Crippen molar-refractivity contribution in [1.29, 1.82) is 5.26 Å². The van der Waals surface area contributed by atoms with E-state index in [1.54, 1.807) is 12.1 Å². The van der Waals surface area contributed by atoms with Crippen molar-refractivity contribution in [3.05, 3.63) is 40.4 Å². The maximum atomic E-state index is 11.0. The highest BCUT2D eigenvalue weighted by atomic mass is 35.5. The summed E-state index contributed by atoms with van der Waals surface area (Å²) >= 11 is 11.0. The highest BCUT2D eigenvalue weighted by Crippen LogP contribution is 2.19. The van der Waals surface area contributed by atoms with Crippen LogP contribution in [0.1, 0.15) is 15.9 Å². The lowest BCUT2D eigenvalue weighted by Crippen LogP contribution is -1.92. The molecule has 0 bridgehead atoms. The number of hydrogen-bond donors (Lipinski definition) is 0. The molecule has 0 saturated carbocycles.